The average molecular weight is 230 g/mol. The van der Waals surface area contributed by atoms with Gasteiger partial charge >= 0.3 is 0 Å². The van der Waals surface area contributed by atoms with Crippen molar-refractivity contribution in [2.24, 2.45) is 4.99 Å². The van der Waals surface area contributed by atoms with Gasteiger partial charge in [0.2, 0.25) is 0 Å². The number of carbonyl (C=O) groups is 2. The van der Waals surface area contributed by atoms with Crippen LogP contribution in [0.4, 0.5) is 0 Å². The van der Waals surface area contributed by atoms with Crippen molar-refractivity contribution >= 4 is 30.5 Å². The molecule has 0 spiro atoms. The maximum Gasteiger partial charge on any atom is 0.160 e. The third kappa shape index (κ3) is 1.09. The van der Waals surface area contributed by atoms with Crippen LogP contribution in [0.3, 0.4) is 0 Å². The van der Waals surface area contributed by atoms with Crippen LogP contribution in [0, 0.1) is 0 Å². The van der Waals surface area contributed by atoms with Gasteiger partial charge in [-0.25, -0.2) is 4.99 Å². The highest BCUT2D eigenvalue weighted by molar-refractivity contribution is 8.07. The Hall–Kier alpha value is -1.88. The van der Waals surface area contributed by atoms with Crippen molar-refractivity contribution in [1.82, 2.24) is 4.90 Å². The van der Waals surface area contributed by atoms with Crippen LogP contribution in [0.5, 0.6) is 0 Å². The normalized spacial score (nSPS) is 21.2. The maximum atomic E-state index is 10.9. The molecule has 0 aliphatic carbocycles. The van der Waals surface area contributed by atoms with Crippen molar-refractivity contribution in [3.05, 3.63) is 45.3 Å². The minimum Gasteiger partial charge on any atom is -0.298 e. The molecule has 3 aliphatic rings. The van der Waals surface area contributed by atoms with Gasteiger partial charge < -0.3 is 0 Å². The van der Waals surface area contributed by atoms with E-state index in [0.29, 0.717) is 16.3 Å². The Kier molecular flexibility index (Phi) is 1.94. The lowest BCUT2D eigenvalue weighted by atomic mass is 10.1. The van der Waals surface area contributed by atoms with Gasteiger partial charge in [0.25, 0.3) is 0 Å². The van der Waals surface area contributed by atoms with Gasteiger partial charge in [-0.1, -0.05) is 17.8 Å². The van der Waals surface area contributed by atoms with Gasteiger partial charge in [0.15, 0.2) is 18.4 Å². The Bertz CT molecular complexity index is 552. The molecular formula is C11H6N2O2S. The molecule has 78 valence electrons. The molecule has 5 heteroatoms. The summed E-state index contributed by atoms with van der Waals surface area (Å²) in [6.07, 6.45) is 8.66. The van der Waals surface area contributed by atoms with E-state index in [1.54, 1.807) is 0 Å². The van der Waals surface area contributed by atoms with E-state index in [-0.39, 0.29) is 0 Å². The van der Waals surface area contributed by atoms with Crippen molar-refractivity contribution in [3.63, 3.8) is 0 Å². The van der Waals surface area contributed by atoms with Gasteiger partial charge in [0.05, 0.1) is 21.2 Å². The smallest absolute Gasteiger partial charge is 0.160 e. The molecule has 0 N–H and O–H groups in total. The Morgan fingerprint density at radius 3 is 2.94 bits per heavy atom. The summed E-state index contributed by atoms with van der Waals surface area (Å²) >= 11 is 1.37. The minimum atomic E-state index is 0.526. The molecule has 3 heterocycles. The lowest BCUT2D eigenvalue weighted by Gasteiger charge is -2.27. The van der Waals surface area contributed by atoms with Crippen LogP contribution in [0.1, 0.15) is 0 Å². The second-order valence-corrected chi connectivity index (χ2v) is 4.39. The summed E-state index contributed by atoms with van der Waals surface area (Å²) in [6.45, 7) is 0. The van der Waals surface area contributed by atoms with Gasteiger partial charge in [-0.15, -0.1) is 0 Å². The molecule has 0 radical (unpaired) electrons. The molecule has 3 aliphatic heterocycles. The Morgan fingerprint density at radius 2 is 2.19 bits per heavy atom. The summed E-state index contributed by atoms with van der Waals surface area (Å²) in [5.74, 6) is 0.608. The predicted octanol–water partition coefficient (Wildman–Crippen LogP) is 1.35. The standard InChI is InChI=1S/C11H6N2O2S/c14-5-7-4-12-11-9(6-15)16-10-3-1-2-8(7)13(10)11/h1-6H. The first-order valence-electron chi connectivity index (χ1n) is 4.64. The summed E-state index contributed by atoms with van der Waals surface area (Å²) < 4.78 is 0. The van der Waals surface area contributed by atoms with Crippen molar-refractivity contribution in [2.45, 2.75) is 0 Å². The lowest BCUT2D eigenvalue weighted by Crippen LogP contribution is -2.22. The summed E-state index contributed by atoms with van der Waals surface area (Å²) in [6, 6.07) is 0. The fraction of sp³-hybridized carbons (Fsp3) is 0. The fourth-order valence-corrected chi connectivity index (χ4v) is 2.70. The molecule has 0 aromatic heterocycles. The third-order valence-corrected chi connectivity index (χ3v) is 3.48. The van der Waals surface area contributed by atoms with E-state index in [0.717, 1.165) is 23.3 Å². The third-order valence-electron chi connectivity index (χ3n) is 2.46. The van der Waals surface area contributed by atoms with E-state index in [2.05, 4.69) is 4.99 Å². The summed E-state index contributed by atoms with van der Waals surface area (Å²) in [5, 5.41) is 0.908. The topological polar surface area (TPSA) is 49.7 Å². The van der Waals surface area contributed by atoms with E-state index >= 15 is 0 Å². The number of aliphatic imine (C=N–C) groups is 1. The fourth-order valence-electron chi connectivity index (χ4n) is 1.77. The molecule has 0 aromatic carbocycles. The zero-order valence-electron chi connectivity index (χ0n) is 8.08. The molecule has 0 unspecified atom stereocenters. The molecular weight excluding hydrogens is 224 g/mol. The number of aldehydes is 2. The number of allylic oxidation sites excluding steroid dienone is 5. The molecule has 4 nitrogen and oxygen atoms in total. The van der Waals surface area contributed by atoms with Crippen LogP contribution in [0.25, 0.3) is 0 Å². The van der Waals surface area contributed by atoms with Crippen molar-refractivity contribution in [1.29, 1.82) is 0 Å². The molecule has 0 amide bonds. The number of thioether (sulfide) groups is 1. The zero-order chi connectivity index (χ0) is 11.1. The number of hydrogen-bond acceptors (Lipinski definition) is 5. The minimum absolute atomic E-state index is 0.526. The molecule has 16 heavy (non-hydrogen) atoms. The van der Waals surface area contributed by atoms with Crippen molar-refractivity contribution < 1.29 is 9.59 Å². The molecule has 0 atom stereocenters. The van der Waals surface area contributed by atoms with E-state index in [1.165, 1.54) is 18.0 Å². The summed E-state index contributed by atoms with van der Waals surface area (Å²) in [5.41, 5.74) is 1.31. The van der Waals surface area contributed by atoms with E-state index in [1.807, 2.05) is 23.1 Å². The van der Waals surface area contributed by atoms with E-state index < -0.39 is 0 Å². The first-order chi connectivity index (χ1) is 7.85. The lowest BCUT2D eigenvalue weighted by molar-refractivity contribution is -0.105. The van der Waals surface area contributed by atoms with E-state index in [4.69, 9.17) is 0 Å². The first kappa shape index (κ1) is 9.35. The second kappa shape index (κ2) is 3.31. The van der Waals surface area contributed by atoms with Crippen LogP contribution >= 0.6 is 11.8 Å². The van der Waals surface area contributed by atoms with Gasteiger partial charge in [0, 0.05) is 6.21 Å². The number of nitrogens with zero attached hydrogens (tertiary/aromatic N) is 2. The highest BCUT2D eigenvalue weighted by Crippen LogP contribution is 2.46. The molecule has 0 bridgehead atoms. The Labute approximate surface area is 95.7 Å². The number of carbonyl (C=O) groups excluding carboxylic acids is 2. The van der Waals surface area contributed by atoms with E-state index in [9.17, 15) is 9.59 Å². The molecule has 0 aromatic rings. The van der Waals surface area contributed by atoms with Gasteiger partial charge in [-0.05, 0) is 12.2 Å². The second-order valence-electron chi connectivity index (χ2n) is 3.32. The maximum absolute atomic E-state index is 10.9. The number of hydrogen-bond donors (Lipinski definition) is 0. The highest BCUT2D eigenvalue weighted by Gasteiger charge is 2.33. The summed E-state index contributed by atoms with van der Waals surface area (Å²) in [4.78, 5) is 28.3. The molecule has 0 saturated carbocycles. The van der Waals surface area contributed by atoms with Crippen LogP contribution < -0.4 is 0 Å². The predicted molar refractivity (Wildman–Crippen MR) is 61.3 cm³/mol. The van der Waals surface area contributed by atoms with Crippen LogP contribution in [0.2, 0.25) is 0 Å². The van der Waals surface area contributed by atoms with Gasteiger partial charge in [-0.3, -0.25) is 14.5 Å². The first-order valence-corrected chi connectivity index (χ1v) is 5.46. The monoisotopic (exact) mass is 230 g/mol. The summed E-state index contributed by atoms with van der Waals surface area (Å²) in [7, 11) is 0. The van der Waals surface area contributed by atoms with Crippen LogP contribution in [-0.4, -0.2) is 23.7 Å². The van der Waals surface area contributed by atoms with Crippen molar-refractivity contribution in [2.75, 3.05) is 0 Å². The van der Waals surface area contributed by atoms with Gasteiger partial charge in [0.1, 0.15) is 0 Å². The average Bonchev–Trinajstić information content (AvgIpc) is 2.70. The Morgan fingerprint density at radius 1 is 1.31 bits per heavy atom. The zero-order valence-corrected chi connectivity index (χ0v) is 8.90. The van der Waals surface area contributed by atoms with Crippen LogP contribution in [-0.2, 0) is 9.59 Å². The largest absolute Gasteiger partial charge is 0.298 e. The highest BCUT2D eigenvalue weighted by atomic mass is 32.2. The molecule has 0 saturated heterocycles. The molecule has 0 fully saturated rings. The van der Waals surface area contributed by atoms with Gasteiger partial charge in [-0.2, -0.15) is 0 Å². The van der Waals surface area contributed by atoms with Crippen molar-refractivity contribution in [3.8, 4) is 0 Å². The molecule has 3 rings (SSSR count). The van der Waals surface area contributed by atoms with Crippen LogP contribution in [0.15, 0.2) is 50.2 Å². The SMILES string of the molecule is O=CC1=C2C=CC=C3SC(C=O)=C(N=C1)N32. The Balaban J connectivity index is 2.24. The number of rotatable bonds is 2. The quantitative estimate of drug-likeness (QED) is 0.672.